The molecule has 2 N–H and O–H groups in total. The number of carbonyl (C=O) groups is 2. The molecular weight excluding hydrogens is 399 g/mol. The van der Waals surface area contributed by atoms with Crippen LogP contribution in [-0.4, -0.2) is 11.8 Å². The Morgan fingerprint density at radius 2 is 1.86 bits per heavy atom. The molecule has 2 amide bonds. The van der Waals surface area contributed by atoms with Crippen molar-refractivity contribution >= 4 is 52.2 Å². The van der Waals surface area contributed by atoms with Gasteiger partial charge in [-0.15, -0.1) is 11.3 Å². The molecule has 4 nitrogen and oxygen atoms in total. The van der Waals surface area contributed by atoms with E-state index in [2.05, 4.69) is 10.6 Å². The second-order valence-corrected chi connectivity index (χ2v) is 7.40. The molecule has 0 bridgehead atoms. The zero-order valence-electron chi connectivity index (χ0n) is 14.8. The standard InChI is InChI=1S/C21H16ClFN2O2S/c1-13(26)24-14-6-9-19(17(22)12-14)25-21(27)11-8-15-7-10-20(28-15)16-4-2-3-5-18(16)23/h2-12H,1H3,(H,24,26)(H,25,27)/b11-8+. The largest absolute Gasteiger partial charge is 0.326 e. The van der Waals surface area contributed by atoms with Gasteiger partial charge in [0.1, 0.15) is 5.82 Å². The minimum atomic E-state index is -0.352. The maximum Gasteiger partial charge on any atom is 0.248 e. The van der Waals surface area contributed by atoms with E-state index in [-0.39, 0.29) is 17.6 Å². The van der Waals surface area contributed by atoms with Crippen LogP contribution in [0.2, 0.25) is 5.02 Å². The Kier molecular flexibility index (Phi) is 6.23. The lowest BCUT2D eigenvalue weighted by molar-refractivity contribution is -0.114. The normalized spacial score (nSPS) is 10.8. The highest BCUT2D eigenvalue weighted by atomic mass is 35.5. The van der Waals surface area contributed by atoms with Gasteiger partial charge >= 0.3 is 0 Å². The third kappa shape index (κ3) is 5.06. The third-order valence-electron chi connectivity index (χ3n) is 3.71. The van der Waals surface area contributed by atoms with Gasteiger partial charge in [-0.25, -0.2) is 4.39 Å². The van der Waals surface area contributed by atoms with Crippen molar-refractivity contribution in [1.29, 1.82) is 0 Å². The molecule has 3 aromatic rings. The van der Waals surface area contributed by atoms with E-state index in [0.717, 1.165) is 9.75 Å². The molecule has 3 rings (SSSR count). The van der Waals surface area contributed by atoms with E-state index in [1.807, 2.05) is 12.1 Å². The van der Waals surface area contributed by atoms with E-state index in [4.69, 9.17) is 11.6 Å². The van der Waals surface area contributed by atoms with E-state index < -0.39 is 0 Å². The van der Waals surface area contributed by atoms with Crippen LogP contribution in [-0.2, 0) is 9.59 Å². The fraction of sp³-hybridized carbons (Fsp3) is 0.0476. The number of benzene rings is 2. The Hall–Kier alpha value is -2.96. The van der Waals surface area contributed by atoms with Crippen molar-refractivity contribution in [2.45, 2.75) is 6.92 Å². The lowest BCUT2D eigenvalue weighted by Crippen LogP contribution is -2.09. The van der Waals surface area contributed by atoms with E-state index in [0.29, 0.717) is 22.0 Å². The van der Waals surface area contributed by atoms with Crippen molar-refractivity contribution < 1.29 is 14.0 Å². The van der Waals surface area contributed by atoms with Gasteiger partial charge in [-0.3, -0.25) is 9.59 Å². The topological polar surface area (TPSA) is 58.2 Å². The van der Waals surface area contributed by atoms with E-state index >= 15 is 0 Å². The van der Waals surface area contributed by atoms with Crippen LogP contribution in [0.1, 0.15) is 11.8 Å². The van der Waals surface area contributed by atoms with Crippen LogP contribution in [0.5, 0.6) is 0 Å². The van der Waals surface area contributed by atoms with E-state index in [1.165, 1.54) is 30.4 Å². The average molecular weight is 415 g/mol. The first-order valence-corrected chi connectivity index (χ1v) is 9.53. The van der Waals surface area contributed by atoms with Crippen LogP contribution in [0.4, 0.5) is 15.8 Å². The number of rotatable bonds is 5. The lowest BCUT2D eigenvalue weighted by atomic mass is 10.2. The van der Waals surface area contributed by atoms with Crippen molar-refractivity contribution in [3.63, 3.8) is 0 Å². The number of thiophene rings is 1. The van der Waals surface area contributed by atoms with Gasteiger partial charge in [0, 0.05) is 34.0 Å². The number of nitrogens with one attached hydrogen (secondary N) is 2. The number of carbonyl (C=O) groups excluding carboxylic acids is 2. The Labute approximate surface area is 170 Å². The van der Waals surface area contributed by atoms with Crippen molar-refractivity contribution in [3.8, 4) is 10.4 Å². The molecule has 0 radical (unpaired) electrons. The highest BCUT2D eigenvalue weighted by Crippen LogP contribution is 2.30. The monoisotopic (exact) mass is 414 g/mol. The van der Waals surface area contributed by atoms with Crippen LogP contribution in [0, 0.1) is 5.82 Å². The summed E-state index contributed by atoms with van der Waals surface area (Å²) in [6.45, 7) is 1.40. The second kappa shape index (κ2) is 8.82. The summed E-state index contributed by atoms with van der Waals surface area (Å²) in [4.78, 5) is 24.8. The zero-order valence-corrected chi connectivity index (χ0v) is 16.4. The van der Waals surface area contributed by atoms with Crippen LogP contribution < -0.4 is 10.6 Å². The highest BCUT2D eigenvalue weighted by Gasteiger charge is 2.08. The molecule has 0 saturated heterocycles. The SMILES string of the molecule is CC(=O)Nc1ccc(NC(=O)/C=C/c2ccc(-c3ccccc3F)s2)c(Cl)c1. The Bertz CT molecular complexity index is 1060. The van der Waals surface area contributed by atoms with Gasteiger partial charge in [0.15, 0.2) is 0 Å². The summed E-state index contributed by atoms with van der Waals surface area (Å²) >= 11 is 7.52. The first-order chi connectivity index (χ1) is 13.4. The summed E-state index contributed by atoms with van der Waals surface area (Å²) in [5.41, 5.74) is 1.51. The molecule has 1 heterocycles. The zero-order chi connectivity index (χ0) is 20.1. The third-order valence-corrected chi connectivity index (χ3v) is 5.11. The second-order valence-electron chi connectivity index (χ2n) is 5.88. The molecule has 1 aromatic heterocycles. The highest BCUT2D eigenvalue weighted by molar-refractivity contribution is 7.16. The minimum absolute atomic E-state index is 0.207. The van der Waals surface area contributed by atoms with Gasteiger partial charge in [-0.2, -0.15) is 0 Å². The fourth-order valence-corrected chi connectivity index (χ4v) is 3.64. The van der Waals surface area contributed by atoms with Crippen molar-refractivity contribution in [2.75, 3.05) is 10.6 Å². The maximum atomic E-state index is 13.9. The molecule has 0 atom stereocenters. The summed E-state index contributed by atoms with van der Waals surface area (Å²) in [7, 11) is 0. The number of hydrogen-bond acceptors (Lipinski definition) is 3. The number of hydrogen-bond donors (Lipinski definition) is 2. The Balaban J connectivity index is 1.66. The molecule has 0 saturated carbocycles. The molecule has 0 aliphatic carbocycles. The number of halogens is 2. The summed E-state index contributed by atoms with van der Waals surface area (Å²) in [6, 6.07) is 15.0. The van der Waals surface area contributed by atoms with Crippen LogP contribution in [0.15, 0.2) is 60.7 Å². The quantitative estimate of drug-likeness (QED) is 0.517. The van der Waals surface area contributed by atoms with Crippen LogP contribution >= 0.6 is 22.9 Å². The summed E-state index contributed by atoms with van der Waals surface area (Å²) in [5.74, 6) is -0.841. The molecule has 2 aromatic carbocycles. The number of anilines is 2. The molecule has 0 aliphatic heterocycles. The van der Waals surface area contributed by atoms with Gasteiger partial charge < -0.3 is 10.6 Å². The Morgan fingerprint density at radius 3 is 2.57 bits per heavy atom. The van der Waals surface area contributed by atoms with Gasteiger partial charge in [-0.05, 0) is 42.5 Å². The van der Waals surface area contributed by atoms with Crippen molar-refractivity contribution in [1.82, 2.24) is 0 Å². The van der Waals surface area contributed by atoms with Crippen LogP contribution in [0.3, 0.4) is 0 Å². The smallest absolute Gasteiger partial charge is 0.248 e. The maximum absolute atomic E-state index is 13.9. The molecular formula is C21H16ClFN2O2S. The van der Waals surface area contributed by atoms with E-state index in [9.17, 15) is 14.0 Å². The first kappa shape index (κ1) is 19.8. The molecule has 0 aliphatic rings. The predicted octanol–water partition coefficient (Wildman–Crippen LogP) is 5.82. The van der Waals surface area contributed by atoms with Gasteiger partial charge in [0.2, 0.25) is 11.8 Å². The predicted molar refractivity (Wildman–Crippen MR) is 113 cm³/mol. The Morgan fingerprint density at radius 1 is 1.07 bits per heavy atom. The minimum Gasteiger partial charge on any atom is -0.326 e. The lowest BCUT2D eigenvalue weighted by Gasteiger charge is -2.07. The summed E-state index contributed by atoms with van der Waals surface area (Å²) in [6.07, 6.45) is 3.04. The molecule has 7 heteroatoms. The molecule has 142 valence electrons. The van der Waals surface area contributed by atoms with E-state index in [1.54, 1.807) is 42.5 Å². The number of amides is 2. The first-order valence-electron chi connectivity index (χ1n) is 8.33. The summed E-state index contributed by atoms with van der Waals surface area (Å²) in [5, 5.41) is 5.61. The van der Waals surface area contributed by atoms with Crippen LogP contribution in [0.25, 0.3) is 16.5 Å². The summed E-state index contributed by atoms with van der Waals surface area (Å²) < 4.78 is 13.9. The molecule has 0 spiro atoms. The van der Waals surface area contributed by atoms with Crippen molar-refractivity contribution in [3.05, 3.63) is 76.4 Å². The van der Waals surface area contributed by atoms with Gasteiger partial charge in [0.25, 0.3) is 0 Å². The average Bonchev–Trinajstić information content (AvgIpc) is 3.11. The van der Waals surface area contributed by atoms with Gasteiger partial charge in [-0.1, -0.05) is 29.8 Å². The molecule has 0 fully saturated rings. The fourth-order valence-electron chi connectivity index (χ4n) is 2.48. The molecule has 0 unspecified atom stereocenters. The molecule has 28 heavy (non-hydrogen) atoms. The van der Waals surface area contributed by atoms with Gasteiger partial charge in [0.05, 0.1) is 10.7 Å². The van der Waals surface area contributed by atoms with Crippen molar-refractivity contribution in [2.24, 2.45) is 0 Å².